The number of nitrogens with one attached hydrogen (secondary N) is 1. The van der Waals surface area contributed by atoms with Crippen LogP contribution in [-0.2, 0) is 4.74 Å². The summed E-state index contributed by atoms with van der Waals surface area (Å²) >= 11 is 4.23. The molecule has 39 heavy (non-hydrogen) atoms. The molecule has 0 spiro atoms. The first kappa shape index (κ1) is 39.5. The fourth-order valence-corrected chi connectivity index (χ4v) is 7.22. The van der Waals surface area contributed by atoms with Gasteiger partial charge in [0.15, 0.2) is 0 Å². The minimum Gasteiger partial charge on any atom is -0.389 e. The molecule has 0 aliphatic carbocycles. The topological polar surface area (TPSA) is 44.7 Å². The van der Waals surface area contributed by atoms with Crippen LogP contribution in [0.4, 0.5) is 0 Å². The van der Waals surface area contributed by atoms with Gasteiger partial charge in [-0.3, -0.25) is 0 Å². The van der Waals surface area contributed by atoms with E-state index in [1.807, 2.05) is 0 Å². The number of unbranched alkanes of at least 4 members (excludes halogenated alkanes) is 16. The SMILES string of the molecule is CCCCCCCCCCCSCC(COCC(O)CNCCCN(C)C)SCCCCCCCCCCC. The van der Waals surface area contributed by atoms with E-state index in [2.05, 4.69) is 61.7 Å². The van der Waals surface area contributed by atoms with Gasteiger partial charge in [-0.05, 0) is 58.0 Å². The van der Waals surface area contributed by atoms with Gasteiger partial charge in [0.25, 0.3) is 0 Å². The Morgan fingerprint density at radius 3 is 1.72 bits per heavy atom. The summed E-state index contributed by atoms with van der Waals surface area (Å²) in [5, 5.41) is 14.2. The zero-order valence-corrected chi connectivity index (χ0v) is 28.5. The summed E-state index contributed by atoms with van der Waals surface area (Å²) in [7, 11) is 4.20. The fourth-order valence-electron chi connectivity index (χ4n) is 4.72. The van der Waals surface area contributed by atoms with Crippen molar-refractivity contribution in [3.05, 3.63) is 0 Å². The Balaban J connectivity index is 4.02. The lowest BCUT2D eigenvalue weighted by Crippen LogP contribution is -2.33. The van der Waals surface area contributed by atoms with Gasteiger partial charge in [0.05, 0.1) is 19.3 Å². The van der Waals surface area contributed by atoms with Crippen molar-refractivity contribution in [1.82, 2.24) is 10.2 Å². The van der Waals surface area contributed by atoms with Gasteiger partial charge in [-0.1, -0.05) is 117 Å². The summed E-state index contributed by atoms with van der Waals surface area (Å²) < 4.78 is 6.01. The van der Waals surface area contributed by atoms with Gasteiger partial charge in [-0.15, -0.1) is 0 Å². The minimum absolute atomic E-state index is 0.415. The van der Waals surface area contributed by atoms with Crippen LogP contribution in [0.3, 0.4) is 0 Å². The second kappa shape index (κ2) is 33.0. The van der Waals surface area contributed by atoms with Crippen LogP contribution in [0.1, 0.15) is 136 Å². The maximum Gasteiger partial charge on any atom is 0.0897 e. The van der Waals surface area contributed by atoms with Crippen molar-refractivity contribution in [3.8, 4) is 0 Å². The van der Waals surface area contributed by atoms with Gasteiger partial charge in [-0.2, -0.15) is 23.5 Å². The minimum atomic E-state index is -0.415. The Morgan fingerprint density at radius 2 is 1.18 bits per heavy atom. The summed E-state index contributed by atoms with van der Waals surface area (Å²) in [6.45, 7) is 8.44. The first-order valence-corrected chi connectivity index (χ1v) is 19.1. The van der Waals surface area contributed by atoms with E-state index in [1.165, 1.54) is 133 Å². The highest BCUT2D eigenvalue weighted by atomic mass is 32.2. The number of hydrogen-bond acceptors (Lipinski definition) is 6. The van der Waals surface area contributed by atoms with Crippen molar-refractivity contribution in [3.63, 3.8) is 0 Å². The largest absolute Gasteiger partial charge is 0.389 e. The van der Waals surface area contributed by atoms with E-state index in [4.69, 9.17) is 4.74 Å². The number of rotatable bonds is 33. The van der Waals surface area contributed by atoms with Gasteiger partial charge >= 0.3 is 0 Å². The van der Waals surface area contributed by atoms with E-state index in [0.29, 0.717) is 18.4 Å². The Morgan fingerprint density at radius 1 is 0.667 bits per heavy atom. The third-order valence-electron chi connectivity index (χ3n) is 7.25. The van der Waals surface area contributed by atoms with Gasteiger partial charge < -0.3 is 20.1 Å². The van der Waals surface area contributed by atoms with Crippen molar-refractivity contribution in [2.75, 3.05) is 64.2 Å². The summed E-state index contributed by atoms with van der Waals surface area (Å²) in [5.74, 6) is 3.71. The maximum absolute atomic E-state index is 10.3. The van der Waals surface area contributed by atoms with E-state index in [0.717, 1.165) is 26.1 Å². The van der Waals surface area contributed by atoms with Gasteiger partial charge in [-0.25, -0.2) is 0 Å². The molecule has 0 aromatic carbocycles. The molecular formula is C33H70N2O2S2. The molecule has 236 valence electrons. The van der Waals surface area contributed by atoms with Crippen LogP contribution in [0, 0.1) is 0 Å². The van der Waals surface area contributed by atoms with Crippen LogP contribution in [0.5, 0.6) is 0 Å². The molecule has 0 amide bonds. The number of aliphatic hydroxyl groups is 1. The molecule has 0 saturated carbocycles. The predicted molar refractivity (Wildman–Crippen MR) is 181 cm³/mol. The number of thioether (sulfide) groups is 2. The van der Waals surface area contributed by atoms with E-state index >= 15 is 0 Å². The lowest BCUT2D eigenvalue weighted by molar-refractivity contribution is 0.0390. The standard InChI is InChI=1S/C33H70N2O2S2/c1-5-7-9-11-13-15-17-19-21-26-38-31-33(39-27-22-20-18-16-14-12-10-8-6-2)30-37-29-32(36)28-34-24-23-25-35(3)4/h32-34,36H,5-31H2,1-4H3. The molecule has 0 rings (SSSR count). The Bertz CT molecular complexity index is 457. The molecular weight excluding hydrogens is 521 g/mol. The van der Waals surface area contributed by atoms with Crippen LogP contribution in [-0.4, -0.2) is 85.6 Å². The highest BCUT2D eigenvalue weighted by Crippen LogP contribution is 2.21. The van der Waals surface area contributed by atoms with E-state index in [1.54, 1.807) is 0 Å². The van der Waals surface area contributed by atoms with E-state index < -0.39 is 6.10 Å². The number of hydrogen-bond donors (Lipinski definition) is 2. The Labute approximate surface area is 254 Å². The van der Waals surface area contributed by atoms with Crippen molar-refractivity contribution in [2.45, 2.75) is 147 Å². The Kier molecular flexibility index (Phi) is 33.5. The van der Waals surface area contributed by atoms with Crippen LogP contribution in [0.25, 0.3) is 0 Å². The summed E-state index contributed by atoms with van der Waals surface area (Å²) in [6, 6.07) is 0. The average molecular weight is 591 g/mol. The molecule has 0 aromatic rings. The molecule has 0 aromatic heterocycles. The molecule has 0 fully saturated rings. The average Bonchev–Trinajstić information content (AvgIpc) is 2.92. The first-order chi connectivity index (χ1) is 19.1. The second-order valence-electron chi connectivity index (χ2n) is 11.8. The van der Waals surface area contributed by atoms with Crippen LogP contribution in [0.2, 0.25) is 0 Å². The van der Waals surface area contributed by atoms with Crippen LogP contribution in [0.15, 0.2) is 0 Å². The molecule has 0 radical (unpaired) electrons. The van der Waals surface area contributed by atoms with E-state index in [9.17, 15) is 5.11 Å². The summed E-state index contributed by atoms with van der Waals surface area (Å²) in [5.41, 5.74) is 0. The number of ether oxygens (including phenoxy) is 1. The number of aliphatic hydroxyl groups excluding tert-OH is 1. The zero-order chi connectivity index (χ0) is 28.7. The molecule has 0 saturated heterocycles. The maximum atomic E-state index is 10.3. The summed E-state index contributed by atoms with van der Waals surface area (Å²) in [4.78, 5) is 2.20. The third-order valence-corrected chi connectivity index (χ3v) is 9.98. The molecule has 0 heterocycles. The van der Waals surface area contributed by atoms with Gasteiger partial charge in [0, 0.05) is 17.5 Å². The quantitative estimate of drug-likeness (QED) is 0.0745. The zero-order valence-electron chi connectivity index (χ0n) is 26.9. The molecule has 0 aliphatic heterocycles. The highest BCUT2D eigenvalue weighted by molar-refractivity contribution is 8.03. The molecule has 2 atom stereocenters. The monoisotopic (exact) mass is 590 g/mol. The lowest BCUT2D eigenvalue weighted by Gasteiger charge is -2.19. The first-order valence-electron chi connectivity index (χ1n) is 16.9. The van der Waals surface area contributed by atoms with Crippen molar-refractivity contribution in [2.24, 2.45) is 0 Å². The summed E-state index contributed by atoms with van der Waals surface area (Å²) in [6.07, 6.45) is 25.8. The molecule has 0 bridgehead atoms. The van der Waals surface area contributed by atoms with Crippen molar-refractivity contribution >= 4 is 23.5 Å². The van der Waals surface area contributed by atoms with E-state index in [-0.39, 0.29) is 0 Å². The van der Waals surface area contributed by atoms with Gasteiger partial charge in [0.1, 0.15) is 0 Å². The smallest absolute Gasteiger partial charge is 0.0897 e. The predicted octanol–water partition coefficient (Wildman–Crippen LogP) is 8.80. The van der Waals surface area contributed by atoms with Crippen molar-refractivity contribution < 1.29 is 9.84 Å². The normalized spacial score (nSPS) is 13.4. The molecule has 2 N–H and O–H groups in total. The molecule has 4 nitrogen and oxygen atoms in total. The molecule has 2 unspecified atom stereocenters. The van der Waals surface area contributed by atoms with Crippen molar-refractivity contribution in [1.29, 1.82) is 0 Å². The third kappa shape index (κ3) is 32.9. The fraction of sp³-hybridized carbons (Fsp3) is 1.00. The van der Waals surface area contributed by atoms with Crippen LogP contribution >= 0.6 is 23.5 Å². The highest BCUT2D eigenvalue weighted by Gasteiger charge is 2.12. The molecule has 6 heteroatoms. The second-order valence-corrected chi connectivity index (χ2v) is 14.3. The Hall–Kier alpha value is 0.540. The van der Waals surface area contributed by atoms with Gasteiger partial charge in [0.2, 0.25) is 0 Å². The molecule has 0 aliphatic rings. The number of nitrogens with zero attached hydrogens (tertiary/aromatic N) is 1. The van der Waals surface area contributed by atoms with Crippen LogP contribution < -0.4 is 5.32 Å². The lowest BCUT2D eigenvalue weighted by atomic mass is 10.1.